The van der Waals surface area contributed by atoms with Gasteiger partial charge in [-0.1, -0.05) is 127 Å². The summed E-state index contributed by atoms with van der Waals surface area (Å²) in [6, 6.07) is 53.1. The second-order valence-electron chi connectivity index (χ2n) is 11.9. The lowest BCUT2D eigenvalue weighted by Crippen LogP contribution is -1.91. The molecule has 0 aliphatic heterocycles. The molecule has 4 nitrogen and oxygen atoms in total. The summed E-state index contributed by atoms with van der Waals surface area (Å²) in [6.45, 7) is 0. The van der Waals surface area contributed by atoms with E-state index in [9.17, 15) is 10.5 Å². The Hall–Kier alpha value is -6.88. The number of rotatable bonds is 4. The van der Waals surface area contributed by atoms with Crippen LogP contribution in [-0.2, 0) is 0 Å². The van der Waals surface area contributed by atoms with Gasteiger partial charge in [0.15, 0.2) is 0 Å². The summed E-state index contributed by atoms with van der Waals surface area (Å²) in [6.07, 6.45) is 0. The molecule has 0 aliphatic rings. The first kappa shape index (κ1) is 27.4. The third-order valence-corrected chi connectivity index (χ3v) is 9.23. The van der Waals surface area contributed by atoms with Crippen LogP contribution in [0.4, 0.5) is 0 Å². The predicted octanol–water partition coefficient (Wildman–Crippen LogP) is 11.9. The van der Waals surface area contributed by atoms with Gasteiger partial charge in [0.1, 0.15) is 28.4 Å². The van der Waals surface area contributed by atoms with E-state index in [0.29, 0.717) is 11.1 Å². The first-order valence-corrected chi connectivity index (χ1v) is 15.7. The van der Waals surface area contributed by atoms with E-state index in [1.807, 2.05) is 121 Å². The summed E-state index contributed by atoms with van der Waals surface area (Å²) in [5.74, 6) is 0. The molecule has 0 radical (unpaired) electrons. The molecule has 9 rings (SSSR count). The standard InChI is InChI=1S/C44H24N2O2/c45-25-30-24-29(33-11-6-14-38-35-8-1-3-16-41(35)47-43(33)38)22-23-31(30)27-18-20-28(21-19-27)32-10-5-12-34(40(32)26-46)37-13-7-15-39-36-9-2-4-17-42(36)48-44(37)39/h1-24H. The van der Waals surface area contributed by atoms with Gasteiger partial charge >= 0.3 is 0 Å². The smallest absolute Gasteiger partial charge is 0.143 e. The van der Waals surface area contributed by atoms with Gasteiger partial charge < -0.3 is 8.83 Å². The molecule has 0 bridgehead atoms. The average Bonchev–Trinajstić information content (AvgIpc) is 3.73. The topological polar surface area (TPSA) is 73.9 Å². The Morgan fingerprint density at radius 3 is 1.52 bits per heavy atom. The van der Waals surface area contributed by atoms with Crippen LogP contribution in [0.5, 0.6) is 0 Å². The maximum Gasteiger partial charge on any atom is 0.143 e. The van der Waals surface area contributed by atoms with E-state index in [1.165, 1.54) is 0 Å². The van der Waals surface area contributed by atoms with Crippen LogP contribution >= 0.6 is 0 Å². The van der Waals surface area contributed by atoms with E-state index in [-0.39, 0.29) is 0 Å². The minimum absolute atomic E-state index is 0.576. The van der Waals surface area contributed by atoms with Crippen LogP contribution in [-0.4, -0.2) is 0 Å². The third kappa shape index (κ3) is 4.22. The molecular weight excluding hydrogens is 588 g/mol. The first-order chi connectivity index (χ1) is 23.7. The fraction of sp³-hybridized carbons (Fsp3) is 0. The Kier molecular flexibility index (Phi) is 6.22. The lowest BCUT2D eigenvalue weighted by atomic mass is 9.90. The fourth-order valence-electron chi connectivity index (χ4n) is 6.96. The van der Waals surface area contributed by atoms with Gasteiger partial charge in [-0.05, 0) is 40.5 Å². The molecule has 48 heavy (non-hydrogen) atoms. The van der Waals surface area contributed by atoms with Crippen molar-refractivity contribution in [1.29, 1.82) is 10.5 Å². The van der Waals surface area contributed by atoms with Crippen molar-refractivity contribution < 1.29 is 8.83 Å². The molecule has 0 spiro atoms. The summed E-state index contributed by atoms with van der Waals surface area (Å²) in [5.41, 5.74) is 11.5. The quantitative estimate of drug-likeness (QED) is 0.198. The van der Waals surface area contributed by atoms with Crippen LogP contribution in [0.2, 0.25) is 0 Å². The summed E-state index contributed by atoms with van der Waals surface area (Å²) >= 11 is 0. The fourth-order valence-corrected chi connectivity index (χ4v) is 6.96. The van der Waals surface area contributed by atoms with E-state index in [0.717, 1.165) is 88.4 Å². The highest BCUT2D eigenvalue weighted by atomic mass is 16.3. The zero-order valence-corrected chi connectivity index (χ0v) is 25.6. The Labute approximate surface area is 275 Å². The van der Waals surface area contributed by atoms with E-state index in [1.54, 1.807) is 0 Å². The van der Waals surface area contributed by atoms with Crippen LogP contribution in [0.3, 0.4) is 0 Å². The van der Waals surface area contributed by atoms with Gasteiger partial charge in [0.05, 0.1) is 17.2 Å². The highest BCUT2D eigenvalue weighted by Crippen LogP contribution is 2.40. The molecule has 0 atom stereocenters. The van der Waals surface area contributed by atoms with Crippen LogP contribution < -0.4 is 0 Å². The average molecular weight is 613 g/mol. The zero-order valence-electron chi connectivity index (χ0n) is 25.6. The van der Waals surface area contributed by atoms with E-state index >= 15 is 0 Å². The van der Waals surface area contributed by atoms with Gasteiger partial charge in [0.25, 0.3) is 0 Å². The van der Waals surface area contributed by atoms with Crippen molar-refractivity contribution in [3.05, 3.63) is 157 Å². The molecule has 0 fully saturated rings. The van der Waals surface area contributed by atoms with Gasteiger partial charge in [-0.3, -0.25) is 0 Å². The maximum absolute atomic E-state index is 10.4. The number of benzene rings is 7. The predicted molar refractivity (Wildman–Crippen MR) is 192 cm³/mol. The Bertz CT molecular complexity index is 2800. The van der Waals surface area contributed by atoms with E-state index in [2.05, 4.69) is 36.4 Å². The molecule has 2 aromatic heterocycles. The molecular formula is C44H24N2O2. The highest BCUT2D eigenvalue weighted by Gasteiger charge is 2.18. The Balaban J connectivity index is 1.09. The van der Waals surface area contributed by atoms with Crippen LogP contribution in [0.25, 0.3) is 88.4 Å². The van der Waals surface area contributed by atoms with Gasteiger partial charge in [-0.2, -0.15) is 10.5 Å². The van der Waals surface area contributed by atoms with Gasteiger partial charge in [-0.15, -0.1) is 0 Å². The normalized spacial score (nSPS) is 11.3. The molecule has 0 saturated heterocycles. The molecule has 0 unspecified atom stereocenters. The van der Waals surface area contributed by atoms with Crippen molar-refractivity contribution >= 4 is 43.9 Å². The number of nitriles is 2. The van der Waals surface area contributed by atoms with Crippen molar-refractivity contribution in [2.45, 2.75) is 0 Å². The minimum atomic E-state index is 0.576. The SMILES string of the molecule is N#Cc1cc(-c2cccc3c2oc2ccccc23)ccc1-c1ccc(-c2cccc(-c3cccc4c3oc3ccccc34)c2C#N)cc1. The largest absolute Gasteiger partial charge is 0.455 e. The van der Waals surface area contributed by atoms with Crippen LogP contribution in [0.1, 0.15) is 11.1 Å². The molecule has 0 aliphatic carbocycles. The lowest BCUT2D eigenvalue weighted by Gasteiger charge is -2.12. The van der Waals surface area contributed by atoms with Gasteiger partial charge in [0.2, 0.25) is 0 Å². The van der Waals surface area contributed by atoms with Crippen molar-refractivity contribution in [2.75, 3.05) is 0 Å². The molecule has 7 aromatic carbocycles. The van der Waals surface area contributed by atoms with Gasteiger partial charge in [-0.25, -0.2) is 0 Å². The van der Waals surface area contributed by atoms with Crippen molar-refractivity contribution in [3.63, 3.8) is 0 Å². The molecule has 0 amide bonds. The first-order valence-electron chi connectivity index (χ1n) is 15.7. The lowest BCUT2D eigenvalue weighted by molar-refractivity contribution is 0.669. The molecule has 2 heterocycles. The minimum Gasteiger partial charge on any atom is -0.455 e. The van der Waals surface area contributed by atoms with Crippen molar-refractivity contribution in [1.82, 2.24) is 0 Å². The molecule has 222 valence electrons. The van der Waals surface area contributed by atoms with Crippen LogP contribution in [0, 0.1) is 22.7 Å². The van der Waals surface area contributed by atoms with Crippen molar-refractivity contribution in [3.8, 4) is 56.6 Å². The Morgan fingerprint density at radius 2 is 0.875 bits per heavy atom. The number of fused-ring (bicyclic) bond motifs is 6. The van der Waals surface area contributed by atoms with Crippen molar-refractivity contribution in [2.24, 2.45) is 0 Å². The highest BCUT2D eigenvalue weighted by molar-refractivity contribution is 6.11. The number of hydrogen-bond acceptors (Lipinski definition) is 4. The second kappa shape index (κ2) is 10.9. The third-order valence-electron chi connectivity index (χ3n) is 9.23. The number of para-hydroxylation sites is 4. The van der Waals surface area contributed by atoms with Crippen LogP contribution in [0.15, 0.2) is 154 Å². The monoisotopic (exact) mass is 612 g/mol. The summed E-state index contributed by atoms with van der Waals surface area (Å²) in [5, 5.41) is 24.9. The Morgan fingerprint density at radius 1 is 0.375 bits per heavy atom. The molecule has 0 N–H and O–H groups in total. The van der Waals surface area contributed by atoms with E-state index < -0.39 is 0 Å². The second-order valence-corrected chi connectivity index (χ2v) is 11.9. The maximum atomic E-state index is 10.4. The molecule has 9 aromatic rings. The number of nitrogens with zero attached hydrogens (tertiary/aromatic N) is 2. The summed E-state index contributed by atoms with van der Waals surface area (Å²) in [4.78, 5) is 0. The van der Waals surface area contributed by atoms with Gasteiger partial charge in [0, 0.05) is 43.8 Å². The molecule has 4 heteroatoms. The van der Waals surface area contributed by atoms with E-state index in [4.69, 9.17) is 8.83 Å². The summed E-state index contributed by atoms with van der Waals surface area (Å²) in [7, 11) is 0. The zero-order chi connectivity index (χ0) is 32.2. The summed E-state index contributed by atoms with van der Waals surface area (Å²) < 4.78 is 12.6. The molecule has 0 saturated carbocycles. The number of furan rings is 2. The number of hydrogen-bond donors (Lipinski definition) is 0.